The minimum absolute atomic E-state index is 0.0342. The van der Waals surface area contributed by atoms with Gasteiger partial charge in [0.15, 0.2) is 0 Å². The normalized spacial score (nSPS) is 19.9. The van der Waals surface area contributed by atoms with E-state index in [9.17, 15) is 17.6 Å². The highest BCUT2D eigenvalue weighted by atomic mass is 32.2. The van der Waals surface area contributed by atoms with Crippen LogP contribution in [0.3, 0.4) is 0 Å². The van der Waals surface area contributed by atoms with Crippen LogP contribution in [0.15, 0.2) is 84.0 Å². The highest BCUT2D eigenvalue weighted by Crippen LogP contribution is 2.49. The zero-order valence-corrected chi connectivity index (χ0v) is 23.9. The Bertz CT molecular complexity index is 1700. The van der Waals surface area contributed by atoms with E-state index in [0.29, 0.717) is 13.0 Å². The van der Waals surface area contributed by atoms with Crippen LogP contribution in [0, 0.1) is 18.7 Å². The molecule has 41 heavy (non-hydrogen) atoms. The molecule has 212 valence electrons. The van der Waals surface area contributed by atoms with E-state index in [4.69, 9.17) is 0 Å². The Balaban J connectivity index is 1.32. The van der Waals surface area contributed by atoms with Crippen LogP contribution >= 0.6 is 0 Å². The Morgan fingerprint density at radius 2 is 1.93 bits per heavy atom. The highest BCUT2D eigenvalue weighted by molar-refractivity contribution is 7.89. The molecule has 3 aromatic carbocycles. The van der Waals surface area contributed by atoms with E-state index in [2.05, 4.69) is 21.8 Å². The second kappa shape index (κ2) is 10.9. The fourth-order valence-corrected chi connectivity index (χ4v) is 7.17. The van der Waals surface area contributed by atoms with E-state index >= 15 is 0 Å². The molecule has 0 saturated heterocycles. The average Bonchev–Trinajstić information content (AvgIpc) is 3.67. The lowest BCUT2D eigenvalue weighted by Gasteiger charge is -2.29. The van der Waals surface area contributed by atoms with E-state index in [-0.39, 0.29) is 28.2 Å². The minimum atomic E-state index is -3.89. The van der Waals surface area contributed by atoms with Crippen molar-refractivity contribution in [1.29, 1.82) is 0 Å². The summed E-state index contributed by atoms with van der Waals surface area (Å²) in [5.41, 5.74) is 4.08. The van der Waals surface area contributed by atoms with Crippen LogP contribution in [-0.4, -0.2) is 23.9 Å². The van der Waals surface area contributed by atoms with Gasteiger partial charge in [-0.25, -0.2) is 22.5 Å². The summed E-state index contributed by atoms with van der Waals surface area (Å²) in [5.74, 6) is 0.418. The lowest BCUT2D eigenvalue weighted by Crippen LogP contribution is -2.34. The molecule has 0 spiro atoms. The van der Waals surface area contributed by atoms with Crippen LogP contribution in [-0.2, 0) is 34.8 Å². The molecular formula is C32H33FN4O3S. The molecule has 6 rings (SSSR count). The Kier molecular flexibility index (Phi) is 7.25. The zero-order chi connectivity index (χ0) is 28.7. The zero-order valence-electron chi connectivity index (χ0n) is 23.1. The van der Waals surface area contributed by atoms with Gasteiger partial charge in [-0.2, -0.15) is 0 Å². The third-order valence-corrected chi connectivity index (χ3v) is 9.78. The van der Waals surface area contributed by atoms with Crippen LogP contribution in [0.5, 0.6) is 0 Å². The van der Waals surface area contributed by atoms with Gasteiger partial charge < -0.3 is 9.47 Å². The summed E-state index contributed by atoms with van der Waals surface area (Å²) in [6, 6.07) is 19.4. The molecular weight excluding hydrogens is 539 g/mol. The second-order valence-corrected chi connectivity index (χ2v) is 12.8. The summed E-state index contributed by atoms with van der Waals surface area (Å²) in [6.45, 7) is 1.86. The largest absolute Gasteiger partial charge is 0.337 e. The molecule has 0 bridgehead atoms. The van der Waals surface area contributed by atoms with Crippen molar-refractivity contribution in [2.24, 2.45) is 13.0 Å². The highest BCUT2D eigenvalue weighted by Gasteiger charge is 2.46. The number of hydrogen-bond acceptors (Lipinski definition) is 4. The number of anilines is 1. The third-order valence-electron chi connectivity index (χ3n) is 8.31. The summed E-state index contributed by atoms with van der Waals surface area (Å²) in [5, 5.41) is 0. The van der Waals surface area contributed by atoms with Crippen LogP contribution in [0.25, 0.3) is 0 Å². The number of hydrogen-bond donors (Lipinski definition) is 1. The quantitative estimate of drug-likeness (QED) is 0.300. The topological polar surface area (TPSA) is 84.3 Å². The molecule has 1 aromatic heterocycles. The number of carbonyl (C=O) groups is 1. The fraction of sp³-hybridized carbons (Fsp3) is 0.312. The molecule has 0 aliphatic heterocycles. The first-order valence-corrected chi connectivity index (χ1v) is 15.4. The number of nitrogens with zero attached hydrogens (tertiary/aromatic N) is 3. The van der Waals surface area contributed by atoms with Crippen molar-refractivity contribution in [3.05, 3.63) is 113 Å². The number of halogens is 1. The molecule has 3 atom stereocenters. The Morgan fingerprint density at radius 1 is 1.12 bits per heavy atom. The van der Waals surface area contributed by atoms with Gasteiger partial charge in [0.1, 0.15) is 11.6 Å². The number of nitrogens with one attached hydrogen (secondary N) is 1. The Labute approximate surface area is 240 Å². The summed E-state index contributed by atoms with van der Waals surface area (Å²) in [4.78, 5) is 20.3. The van der Waals surface area contributed by atoms with Crippen molar-refractivity contribution >= 4 is 21.6 Å². The van der Waals surface area contributed by atoms with E-state index in [0.717, 1.165) is 41.9 Å². The molecule has 2 aliphatic carbocycles. The second-order valence-electron chi connectivity index (χ2n) is 11.1. The lowest BCUT2D eigenvalue weighted by molar-refractivity contribution is -0.120. The van der Waals surface area contributed by atoms with Crippen LogP contribution in [0.2, 0.25) is 0 Å². The number of rotatable bonds is 8. The summed E-state index contributed by atoms with van der Waals surface area (Å²) in [6.07, 6.45) is 6.66. The molecule has 2 aliphatic rings. The van der Waals surface area contributed by atoms with Gasteiger partial charge in [0.05, 0.1) is 11.4 Å². The SMILES string of the molecule is Cc1cc(S(=O)(=O)N[C@H]2CCCc3ccc(N(Cc4nccn4C)C(=O)[C@@H]4C[C@@H]4c4ccccc4)cc32)ccc1F. The predicted octanol–water partition coefficient (Wildman–Crippen LogP) is 5.56. The number of amides is 1. The average molecular weight is 573 g/mol. The van der Waals surface area contributed by atoms with Crippen molar-refractivity contribution < 1.29 is 17.6 Å². The first kappa shape index (κ1) is 27.4. The molecule has 4 aromatic rings. The van der Waals surface area contributed by atoms with Crippen molar-refractivity contribution in [2.45, 2.75) is 56.0 Å². The number of imidazole rings is 1. The molecule has 0 radical (unpaired) electrons. The van der Waals surface area contributed by atoms with Crippen molar-refractivity contribution in [1.82, 2.24) is 14.3 Å². The van der Waals surface area contributed by atoms with Gasteiger partial charge in [-0.1, -0.05) is 36.4 Å². The smallest absolute Gasteiger partial charge is 0.241 e. The van der Waals surface area contributed by atoms with E-state index in [1.54, 1.807) is 18.0 Å². The molecule has 1 amide bonds. The molecule has 7 nitrogen and oxygen atoms in total. The third kappa shape index (κ3) is 5.56. The first-order chi connectivity index (χ1) is 19.7. The van der Waals surface area contributed by atoms with E-state index in [1.165, 1.54) is 23.8 Å². The summed E-state index contributed by atoms with van der Waals surface area (Å²) in [7, 11) is -1.98. The number of aryl methyl sites for hydroxylation is 3. The number of aromatic nitrogens is 2. The monoisotopic (exact) mass is 572 g/mol. The van der Waals surface area contributed by atoms with Crippen molar-refractivity contribution in [3.63, 3.8) is 0 Å². The van der Waals surface area contributed by atoms with Gasteiger partial charge in [0.2, 0.25) is 15.9 Å². The van der Waals surface area contributed by atoms with Crippen LogP contribution in [0.4, 0.5) is 10.1 Å². The maximum Gasteiger partial charge on any atom is 0.241 e. The first-order valence-electron chi connectivity index (χ1n) is 13.9. The van der Waals surface area contributed by atoms with E-state index < -0.39 is 21.9 Å². The molecule has 9 heteroatoms. The standard InChI is InChI=1S/C32H33FN4O3S/c1-21-17-25(13-14-29(21)33)41(39,40)35-30-10-6-9-23-11-12-24(18-27(23)30)37(20-31-34-15-16-36(31)2)32(38)28-19-26(28)22-7-4-3-5-8-22/h3-5,7-8,11-18,26,28,30,35H,6,9-10,19-20H2,1-2H3/t26-,28-,30+/m1/s1. The minimum Gasteiger partial charge on any atom is -0.337 e. The molecule has 1 saturated carbocycles. The number of sulfonamides is 1. The van der Waals surface area contributed by atoms with Gasteiger partial charge in [0, 0.05) is 37.1 Å². The summed E-state index contributed by atoms with van der Waals surface area (Å²) >= 11 is 0. The van der Waals surface area contributed by atoms with Gasteiger partial charge >= 0.3 is 0 Å². The number of fused-ring (bicyclic) bond motifs is 1. The lowest BCUT2D eigenvalue weighted by atomic mass is 9.87. The van der Waals surface area contributed by atoms with Gasteiger partial charge in [-0.05, 0) is 91.1 Å². The molecule has 1 heterocycles. The van der Waals surface area contributed by atoms with Gasteiger partial charge in [-0.15, -0.1) is 0 Å². The predicted molar refractivity (Wildman–Crippen MR) is 155 cm³/mol. The Hall–Kier alpha value is -3.82. The maximum atomic E-state index is 14.0. The molecule has 1 fully saturated rings. The Morgan fingerprint density at radius 3 is 2.66 bits per heavy atom. The number of carbonyl (C=O) groups excluding carboxylic acids is 1. The summed E-state index contributed by atoms with van der Waals surface area (Å²) < 4.78 is 45.2. The van der Waals surface area contributed by atoms with Gasteiger partial charge in [-0.3, -0.25) is 4.79 Å². The van der Waals surface area contributed by atoms with Crippen LogP contribution in [0.1, 0.15) is 59.3 Å². The molecule has 0 unspecified atom stereocenters. The van der Waals surface area contributed by atoms with Crippen molar-refractivity contribution in [3.8, 4) is 0 Å². The maximum absolute atomic E-state index is 14.0. The van der Waals surface area contributed by atoms with Gasteiger partial charge in [0.25, 0.3) is 0 Å². The van der Waals surface area contributed by atoms with E-state index in [1.807, 2.05) is 54.2 Å². The van der Waals surface area contributed by atoms with Crippen LogP contribution < -0.4 is 9.62 Å². The van der Waals surface area contributed by atoms with Crippen molar-refractivity contribution in [2.75, 3.05) is 4.90 Å². The fourth-order valence-electron chi connectivity index (χ4n) is 5.84. The number of benzene rings is 3. The molecule has 1 N–H and O–H groups in total.